The smallest absolute Gasteiger partial charge is 0.253 e. The molecule has 0 spiro atoms. The Bertz CT molecular complexity index is 342. The molecule has 0 radical (unpaired) electrons. The maximum atomic E-state index is 11.9. The molecule has 0 atom stereocenters. The third kappa shape index (κ3) is 2.02. The SMILES string of the molecule is CN(C)C1CN(C(=O)c2ccccc2)C1. The van der Waals surface area contributed by atoms with E-state index in [1.54, 1.807) is 0 Å². The van der Waals surface area contributed by atoms with Gasteiger partial charge in [0.25, 0.3) is 5.91 Å². The highest BCUT2D eigenvalue weighted by Gasteiger charge is 2.32. The first-order valence-electron chi connectivity index (χ1n) is 5.19. The van der Waals surface area contributed by atoms with Gasteiger partial charge >= 0.3 is 0 Å². The minimum Gasteiger partial charge on any atom is -0.335 e. The van der Waals surface area contributed by atoms with Crippen molar-refractivity contribution in [2.24, 2.45) is 0 Å². The van der Waals surface area contributed by atoms with Gasteiger partial charge in [-0.3, -0.25) is 4.79 Å². The summed E-state index contributed by atoms with van der Waals surface area (Å²) in [6, 6.07) is 9.98. The van der Waals surface area contributed by atoms with Gasteiger partial charge in [-0.1, -0.05) is 18.2 Å². The van der Waals surface area contributed by atoms with E-state index in [4.69, 9.17) is 0 Å². The lowest BCUT2D eigenvalue weighted by Gasteiger charge is -2.42. The molecule has 0 bridgehead atoms. The van der Waals surface area contributed by atoms with Gasteiger partial charge in [-0.25, -0.2) is 0 Å². The predicted molar refractivity (Wildman–Crippen MR) is 59.8 cm³/mol. The van der Waals surface area contributed by atoms with Crippen LogP contribution in [-0.4, -0.2) is 48.9 Å². The molecule has 1 fully saturated rings. The van der Waals surface area contributed by atoms with Crippen molar-refractivity contribution in [2.75, 3.05) is 27.2 Å². The van der Waals surface area contributed by atoms with E-state index in [9.17, 15) is 4.79 Å². The Balaban J connectivity index is 1.95. The van der Waals surface area contributed by atoms with E-state index < -0.39 is 0 Å². The van der Waals surface area contributed by atoms with E-state index >= 15 is 0 Å². The number of benzene rings is 1. The van der Waals surface area contributed by atoms with Gasteiger partial charge in [-0.05, 0) is 26.2 Å². The van der Waals surface area contributed by atoms with Crippen LogP contribution in [0, 0.1) is 0 Å². The van der Waals surface area contributed by atoms with E-state index in [-0.39, 0.29) is 5.91 Å². The maximum Gasteiger partial charge on any atom is 0.253 e. The minimum absolute atomic E-state index is 0.147. The fraction of sp³-hybridized carbons (Fsp3) is 0.417. The van der Waals surface area contributed by atoms with E-state index in [1.165, 1.54) is 0 Å². The van der Waals surface area contributed by atoms with Crippen LogP contribution in [0.1, 0.15) is 10.4 Å². The van der Waals surface area contributed by atoms with Crippen LogP contribution in [0.15, 0.2) is 30.3 Å². The molecule has 1 aromatic carbocycles. The molecule has 0 N–H and O–H groups in total. The summed E-state index contributed by atoms with van der Waals surface area (Å²) in [5, 5.41) is 0. The number of carbonyl (C=O) groups is 1. The molecule has 80 valence electrons. The van der Waals surface area contributed by atoms with Gasteiger partial charge in [-0.2, -0.15) is 0 Å². The molecule has 1 aliphatic heterocycles. The molecular weight excluding hydrogens is 188 g/mol. The topological polar surface area (TPSA) is 23.6 Å². The van der Waals surface area contributed by atoms with Crippen molar-refractivity contribution in [3.63, 3.8) is 0 Å². The van der Waals surface area contributed by atoms with E-state index in [2.05, 4.69) is 19.0 Å². The lowest BCUT2D eigenvalue weighted by Crippen LogP contribution is -2.59. The van der Waals surface area contributed by atoms with Crippen molar-refractivity contribution in [3.05, 3.63) is 35.9 Å². The third-order valence-electron chi connectivity index (χ3n) is 2.90. The average Bonchev–Trinajstić information content (AvgIpc) is 2.16. The second kappa shape index (κ2) is 4.03. The van der Waals surface area contributed by atoms with Crippen molar-refractivity contribution >= 4 is 5.91 Å². The summed E-state index contributed by atoms with van der Waals surface area (Å²) in [4.78, 5) is 16.0. The molecule has 1 saturated heterocycles. The standard InChI is InChI=1S/C12H16N2O/c1-13(2)11-8-14(9-11)12(15)10-6-4-3-5-7-10/h3-7,11H,8-9H2,1-2H3. The second-order valence-corrected chi connectivity index (χ2v) is 4.19. The third-order valence-corrected chi connectivity index (χ3v) is 2.90. The van der Waals surface area contributed by atoms with Crippen LogP contribution in [0.25, 0.3) is 0 Å². The van der Waals surface area contributed by atoms with E-state index in [1.807, 2.05) is 35.2 Å². The largest absolute Gasteiger partial charge is 0.335 e. The Morgan fingerprint density at radius 2 is 1.87 bits per heavy atom. The summed E-state index contributed by atoms with van der Waals surface area (Å²) < 4.78 is 0. The van der Waals surface area contributed by atoms with Crippen LogP contribution < -0.4 is 0 Å². The molecule has 0 saturated carbocycles. The Kier molecular flexibility index (Phi) is 2.73. The number of likely N-dealkylation sites (tertiary alicyclic amines) is 1. The average molecular weight is 204 g/mol. The van der Waals surface area contributed by atoms with Gasteiger partial charge in [0.2, 0.25) is 0 Å². The summed E-state index contributed by atoms with van der Waals surface area (Å²) in [6.45, 7) is 1.70. The Morgan fingerprint density at radius 3 is 2.40 bits per heavy atom. The number of amides is 1. The van der Waals surface area contributed by atoms with Crippen LogP contribution in [0.3, 0.4) is 0 Å². The Labute approximate surface area is 90.3 Å². The highest BCUT2D eigenvalue weighted by Crippen LogP contribution is 2.15. The molecule has 1 aromatic rings. The van der Waals surface area contributed by atoms with Crippen molar-refractivity contribution in [2.45, 2.75) is 6.04 Å². The molecule has 0 unspecified atom stereocenters. The van der Waals surface area contributed by atoms with Gasteiger partial charge in [0.1, 0.15) is 0 Å². The molecule has 2 rings (SSSR count). The minimum atomic E-state index is 0.147. The molecule has 3 nitrogen and oxygen atoms in total. The number of nitrogens with zero attached hydrogens (tertiary/aromatic N) is 2. The molecule has 15 heavy (non-hydrogen) atoms. The van der Waals surface area contributed by atoms with Crippen LogP contribution >= 0.6 is 0 Å². The van der Waals surface area contributed by atoms with Crippen LogP contribution in [0.5, 0.6) is 0 Å². The summed E-state index contributed by atoms with van der Waals surface area (Å²) >= 11 is 0. The van der Waals surface area contributed by atoms with Gasteiger partial charge in [0.15, 0.2) is 0 Å². The zero-order valence-corrected chi connectivity index (χ0v) is 9.18. The quantitative estimate of drug-likeness (QED) is 0.719. The first-order chi connectivity index (χ1) is 7.18. The van der Waals surface area contributed by atoms with Gasteiger partial charge < -0.3 is 9.80 Å². The zero-order valence-electron chi connectivity index (χ0n) is 9.18. The van der Waals surface area contributed by atoms with Crippen molar-refractivity contribution in [3.8, 4) is 0 Å². The summed E-state index contributed by atoms with van der Waals surface area (Å²) in [5.74, 6) is 0.147. The van der Waals surface area contributed by atoms with Crippen molar-refractivity contribution in [1.29, 1.82) is 0 Å². The number of carbonyl (C=O) groups excluding carboxylic acids is 1. The van der Waals surface area contributed by atoms with E-state index in [0.717, 1.165) is 18.7 Å². The summed E-state index contributed by atoms with van der Waals surface area (Å²) in [7, 11) is 4.10. The number of hydrogen-bond donors (Lipinski definition) is 0. The first kappa shape index (κ1) is 10.2. The van der Waals surface area contributed by atoms with E-state index in [0.29, 0.717) is 6.04 Å². The molecular formula is C12H16N2O. The van der Waals surface area contributed by atoms with Gasteiger partial charge in [0.05, 0.1) is 0 Å². The summed E-state index contributed by atoms with van der Waals surface area (Å²) in [5.41, 5.74) is 0.787. The van der Waals surface area contributed by atoms with Gasteiger partial charge in [-0.15, -0.1) is 0 Å². The number of hydrogen-bond acceptors (Lipinski definition) is 2. The lowest BCUT2D eigenvalue weighted by atomic mass is 10.1. The molecule has 1 amide bonds. The maximum absolute atomic E-state index is 11.9. The monoisotopic (exact) mass is 204 g/mol. The normalized spacial score (nSPS) is 16.6. The van der Waals surface area contributed by atoms with Crippen molar-refractivity contribution in [1.82, 2.24) is 9.80 Å². The first-order valence-corrected chi connectivity index (χ1v) is 5.19. The number of rotatable bonds is 2. The Morgan fingerprint density at radius 1 is 1.27 bits per heavy atom. The highest BCUT2D eigenvalue weighted by molar-refractivity contribution is 5.94. The van der Waals surface area contributed by atoms with Crippen molar-refractivity contribution < 1.29 is 4.79 Å². The zero-order chi connectivity index (χ0) is 10.8. The lowest BCUT2D eigenvalue weighted by molar-refractivity contribution is 0.0399. The molecule has 0 aromatic heterocycles. The fourth-order valence-corrected chi connectivity index (χ4v) is 1.71. The van der Waals surface area contributed by atoms with Gasteiger partial charge in [0, 0.05) is 24.7 Å². The second-order valence-electron chi connectivity index (χ2n) is 4.19. The Hall–Kier alpha value is -1.35. The molecule has 3 heteroatoms. The number of likely N-dealkylation sites (N-methyl/N-ethyl adjacent to an activating group) is 1. The predicted octanol–water partition coefficient (Wildman–Crippen LogP) is 1.07. The fourth-order valence-electron chi connectivity index (χ4n) is 1.71. The van der Waals surface area contributed by atoms with Crippen LogP contribution in [0.4, 0.5) is 0 Å². The highest BCUT2D eigenvalue weighted by atomic mass is 16.2. The molecule has 1 heterocycles. The van der Waals surface area contributed by atoms with Crippen LogP contribution in [0.2, 0.25) is 0 Å². The van der Waals surface area contributed by atoms with Crippen LogP contribution in [-0.2, 0) is 0 Å². The molecule has 1 aliphatic rings. The summed E-state index contributed by atoms with van der Waals surface area (Å²) in [6.07, 6.45) is 0. The molecule has 0 aliphatic carbocycles.